The number of Topliss-reactive ketones (excluding diaryl/α,β-unsaturated/α-hetero) is 1. The first-order valence-corrected chi connectivity index (χ1v) is 6.85. The molecule has 2 amide bonds. The van der Waals surface area contributed by atoms with Gasteiger partial charge in [-0.1, -0.05) is 12.1 Å². The van der Waals surface area contributed by atoms with Crippen molar-refractivity contribution in [1.82, 2.24) is 0 Å². The van der Waals surface area contributed by atoms with Gasteiger partial charge in [-0.2, -0.15) is 0 Å². The van der Waals surface area contributed by atoms with Gasteiger partial charge in [0, 0.05) is 24.7 Å². The highest BCUT2D eigenvalue weighted by Crippen LogP contribution is 2.18. The van der Waals surface area contributed by atoms with Crippen molar-refractivity contribution in [1.29, 1.82) is 0 Å². The number of anilines is 2. The molecule has 0 fully saturated rings. The molecule has 0 aliphatic rings. The molecule has 2 aromatic rings. The molecule has 0 aromatic heterocycles. The summed E-state index contributed by atoms with van der Waals surface area (Å²) in [7, 11) is 0. The molecule has 8 heteroatoms. The molecular weight excluding hydrogens is 314 g/mol. The number of carbonyl (C=O) groups is 3. The van der Waals surface area contributed by atoms with Crippen molar-refractivity contribution in [2.75, 3.05) is 10.6 Å². The summed E-state index contributed by atoms with van der Waals surface area (Å²) >= 11 is 0. The Labute approximate surface area is 136 Å². The van der Waals surface area contributed by atoms with Crippen LogP contribution in [0.2, 0.25) is 0 Å². The van der Waals surface area contributed by atoms with Crippen molar-refractivity contribution in [3.05, 3.63) is 64.2 Å². The minimum atomic E-state index is -0.915. The van der Waals surface area contributed by atoms with Gasteiger partial charge < -0.3 is 10.6 Å². The van der Waals surface area contributed by atoms with Gasteiger partial charge in [0.25, 0.3) is 17.4 Å². The number of rotatable bonds is 5. The fourth-order valence-electron chi connectivity index (χ4n) is 1.96. The van der Waals surface area contributed by atoms with E-state index in [9.17, 15) is 24.5 Å². The van der Waals surface area contributed by atoms with Crippen molar-refractivity contribution in [3.8, 4) is 0 Å². The third kappa shape index (κ3) is 4.01. The smallest absolute Gasteiger partial charge is 0.296 e. The number of hydrogen-bond donors (Lipinski definition) is 2. The molecule has 2 aromatic carbocycles. The van der Waals surface area contributed by atoms with E-state index in [4.69, 9.17) is 0 Å². The summed E-state index contributed by atoms with van der Waals surface area (Å²) in [5.74, 6) is -2.12. The molecule has 0 saturated heterocycles. The summed E-state index contributed by atoms with van der Waals surface area (Å²) < 4.78 is 0. The number of para-hydroxylation sites is 1. The SMILES string of the molecule is CC(=O)Nc1ccccc1C(=O)C(=O)Nc1ccc([N+](=O)[O-])cc1. The van der Waals surface area contributed by atoms with Gasteiger partial charge in [0.2, 0.25) is 5.91 Å². The normalized spacial score (nSPS) is 9.88. The topological polar surface area (TPSA) is 118 Å². The average Bonchev–Trinajstić information content (AvgIpc) is 2.54. The van der Waals surface area contributed by atoms with E-state index < -0.39 is 16.6 Å². The van der Waals surface area contributed by atoms with Crippen LogP contribution < -0.4 is 10.6 Å². The van der Waals surface area contributed by atoms with Gasteiger partial charge >= 0.3 is 0 Å². The number of benzene rings is 2. The number of hydrogen-bond acceptors (Lipinski definition) is 5. The molecule has 0 heterocycles. The van der Waals surface area contributed by atoms with E-state index in [1.54, 1.807) is 12.1 Å². The van der Waals surface area contributed by atoms with Crippen LogP contribution in [0.1, 0.15) is 17.3 Å². The summed E-state index contributed by atoms with van der Waals surface area (Å²) in [5, 5.41) is 15.4. The van der Waals surface area contributed by atoms with Gasteiger partial charge in [-0.25, -0.2) is 0 Å². The second-order valence-electron chi connectivity index (χ2n) is 4.81. The van der Waals surface area contributed by atoms with Crippen LogP contribution in [0.15, 0.2) is 48.5 Å². The zero-order valence-corrected chi connectivity index (χ0v) is 12.6. The van der Waals surface area contributed by atoms with Crippen LogP contribution in [-0.4, -0.2) is 22.5 Å². The highest BCUT2D eigenvalue weighted by molar-refractivity contribution is 6.47. The molecule has 8 nitrogen and oxygen atoms in total. The fourth-order valence-corrected chi connectivity index (χ4v) is 1.96. The number of nitro groups is 1. The standard InChI is InChI=1S/C16H13N3O5/c1-10(20)17-14-5-3-2-4-13(14)15(21)16(22)18-11-6-8-12(9-7-11)19(23)24/h2-9H,1H3,(H,17,20)(H,18,22). The van der Waals surface area contributed by atoms with Crippen molar-refractivity contribution in [3.63, 3.8) is 0 Å². The van der Waals surface area contributed by atoms with Gasteiger partial charge in [-0.15, -0.1) is 0 Å². The quantitative estimate of drug-likeness (QED) is 0.378. The summed E-state index contributed by atoms with van der Waals surface area (Å²) in [6.07, 6.45) is 0. The minimum Gasteiger partial charge on any atom is -0.326 e. The number of nitrogens with zero attached hydrogens (tertiary/aromatic N) is 1. The molecule has 0 radical (unpaired) electrons. The molecule has 0 atom stereocenters. The molecule has 0 bridgehead atoms. The van der Waals surface area contributed by atoms with Gasteiger partial charge in [0.15, 0.2) is 0 Å². The molecule has 0 aliphatic carbocycles. The summed E-state index contributed by atoms with van der Waals surface area (Å²) in [6, 6.07) is 11.2. The maximum Gasteiger partial charge on any atom is 0.296 e. The largest absolute Gasteiger partial charge is 0.326 e. The molecular formula is C16H13N3O5. The van der Waals surface area contributed by atoms with Gasteiger partial charge in [-0.05, 0) is 24.3 Å². The lowest BCUT2D eigenvalue weighted by molar-refractivity contribution is -0.384. The third-order valence-corrected chi connectivity index (χ3v) is 3.02. The molecule has 0 saturated carbocycles. The second kappa shape index (κ2) is 7.14. The molecule has 24 heavy (non-hydrogen) atoms. The Morgan fingerprint density at radius 2 is 1.58 bits per heavy atom. The lowest BCUT2D eigenvalue weighted by Crippen LogP contribution is -2.24. The summed E-state index contributed by atoms with van der Waals surface area (Å²) in [6.45, 7) is 1.29. The molecule has 0 aliphatic heterocycles. The molecule has 2 rings (SSSR count). The van der Waals surface area contributed by atoms with Crippen molar-refractivity contribution in [2.45, 2.75) is 6.92 Å². The zero-order chi connectivity index (χ0) is 17.7. The Hall–Kier alpha value is -3.55. The first-order chi connectivity index (χ1) is 11.4. The van der Waals surface area contributed by atoms with E-state index in [2.05, 4.69) is 10.6 Å². The van der Waals surface area contributed by atoms with E-state index >= 15 is 0 Å². The maximum atomic E-state index is 12.3. The number of amides is 2. The number of nitro benzene ring substituents is 1. The van der Waals surface area contributed by atoms with E-state index in [1.807, 2.05) is 0 Å². The van der Waals surface area contributed by atoms with Crippen LogP contribution >= 0.6 is 0 Å². The Morgan fingerprint density at radius 3 is 2.17 bits per heavy atom. The van der Waals surface area contributed by atoms with Crippen LogP contribution in [0.4, 0.5) is 17.1 Å². The number of nitrogens with one attached hydrogen (secondary N) is 2. The van der Waals surface area contributed by atoms with Crippen LogP contribution in [0, 0.1) is 10.1 Å². The molecule has 122 valence electrons. The van der Waals surface area contributed by atoms with Crippen molar-refractivity contribution < 1.29 is 19.3 Å². The monoisotopic (exact) mass is 327 g/mol. The Bertz CT molecular complexity index is 815. The van der Waals surface area contributed by atoms with Crippen LogP contribution in [0.3, 0.4) is 0 Å². The first-order valence-electron chi connectivity index (χ1n) is 6.85. The minimum absolute atomic E-state index is 0.0483. The summed E-state index contributed by atoms with van der Waals surface area (Å²) in [5.41, 5.74) is 0.396. The number of non-ortho nitro benzene ring substituents is 1. The maximum absolute atomic E-state index is 12.3. The number of carbonyl (C=O) groups excluding carboxylic acids is 3. The zero-order valence-electron chi connectivity index (χ0n) is 12.6. The lowest BCUT2D eigenvalue weighted by Gasteiger charge is -2.09. The third-order valence-electron chi connectivity index (χ3n) is 3.02. The van der Waals surface area contributed by atoms with E-state index in [0.717, 1.165) is 0 Å². The van der Waals surface area contributed by atoms with Gasteiger partial charge in [-0.3, -0.25) is 24.5 Å². The summed E-state index contributed by atoms with van der Waals surface area (Å²) in [4.78, 5) is 45.5. The van der Waals surface area contributed by atoms with Gasteiger partial charge in [0.05, 0.1) is 16.2 Å². The predicted molar refractivity (Wildman–Crippen MR) is 86.8 cm³/mol. The molecule has 0 unspecified atom stereocenters. The van der Waals surface area contributed by atoms with Crippen LogP contribution in [-0.2, 0) is 9.59 Å². The van der Waals surface area contributed by atoms with Crippen molar-refractivity contribution >= 4 is 34.7 Å². The fraction of sp³-hybridized carbons (Fsp3) is 0.0625. The Balaban J connectivity index is 2.17. The van der Waals surface area contributed by atoms with E-state index in [-0.39, 0.29) is 28.5 Å². The Morgan fingerprint density at radius 1 is 0.958 bits per heavy atom. The van der Waals surface area contributed by atoms with Gasteiger partial charge in [0.1, 0.15) is 0 Å². The highest BCUT2D eigenvalue weighted by atomic mass is 16.6. The van der Waals surface area contributed by atoms with E-state index in [0.29, 0.717) is 0 Å². The van der Waals surface area contributed by atoms with Crippen LogP contribution in [0.5, 0.6) is 0 Å². The molecule has 2 N–H and O–H groups in total. The average molecular weight is 327 g/mol. The number of ketones is 1. The van der Waals surface area contributed by atoms with Crippen molar-refractivity contribution in [2.24, 2.45) is 0 Å². The molecule has 0 spiro atoms. The van der Waals surface area contributed by atoms with E-state index in [1.165, 1.54) is 43.3 Å². The lowest BCUT2D eigenvalue weighted by atomic mass is 10.1. The Kier molecular flexibility index (Phi) is 5.00. The second-order valence-corrected chi connectivity index (χ2v) is 4.81. The van der Waals surface area contributed by atoms with Crippen LogP contribution in [0.25, 0.3) is 0 Å². The predicted octanol–water partition coefficient (Wildman–Crippen LogP) is 2.37. The first kappa shape index (κ1) is 16.8. The highest BCUT2D eigenvalue weighted by Gasteiger charge is 2.20.